The van der Waals surface area contributed by atoms with Crippen LogP contribution in [0.5, 0.6) is 0 Å². The van der Waals surface area contributed by atoms with E-state index in [0.29, 0.717) is 12.0 Å². The van der Waals surface area contributed by atoms with Gasteiger partial charge in [0.05, 0.1) is 6.61 Å². The molecule has 0 bridgehead atoms. The lowest BCUT2D eigenvalue weighted by molar-refractivity contribution is 0.252. The van der Waals surface area contributed by atoms with E-state index >= 15 is 0 Å². The van der Waals surface area contributed by atoms with Gasteiger partial charge in [-0.15, -0.1) is 0 Å². The molecular weight excluding hydrogens is 128 g/mol. The second-order valence-electron chi connectivity index (χ2n) is 2.97. The molecule has 0 amide bonds. The van der Waals surface area contributed by atoms with Gasteiger partial charge in [0.25, 0.3) is 0 Å². The number of rotatable bonds is 3. The molecule has 1 saturated heterocycles. The monoisotopic (exact) mass is 144 g/mol. The number of nitrogens with one attached hydrogen (secondary N) is 1. The quantitative estimate of drug-likeness (QED) is 0.491. The lowest BCUT2D eigenvalue weighted by Gasteiger charge is -2.05. The minimum absolute atomic E-state index is 0.265. The van der Waals surface area contributed by atoms with Crippen LogP contribution >= 0.6 is 0 Å². The Balaban J connectivity index is 2.15. The highest BCUT2D eigenvalue weighted by Gasteiger charge is 2.21. The summed E-state index contributed by atoms with van der Waals surface area (Å²) in [6.07, 6.45) is 2.18. The summed E-state index contributed by atoms with van der Waals surface area (Å²) in [5.41, 5.74) is 5.40. The first-order valence-corrected chi connectivity index (χ1v) is 3.91. The van der Waals surface area contributed by atoms with Gasteiger partial charge in [0, 0.05) is 6.04 Å². The van der Waals surface area contributed by atoms with Gasteiger partial charge in [0.15, 0.2) is 0 Å². The molecule has 1 aliphatic rings. The fourth-order valence-electron chi connectivity index (χ4n) is 1.50. The van der Waals surface area contributed by atoms with Gasteiger partial charge in [-0.2, -0.15) is 0 Å². The molecule has 2 unspecified atom stereocenters. The summed E-state index contributed by atoms with van der Waals surface area (Å²) < 4.78 is 0. The summed E-state index contributed by atoms with van der Waals surface area (Å²) in [5.74, 6) is 0.696. The highest BCUT2D eigenvalue weighted by molar-refractivity contribution is 4.80. The molecule has 10 heavy (non-hydrogen) atoms. The van der Waals surface area contributed by atoms with Gasteiger partial charge in [0.2, 0.25) is 0 Å². The molecule has 4 N–H and O–H groups in total. The average Bonchev–Trinajstić information content (AvgIpc) is 2.37. The van der Waals surface area contributed by atoms with Gasteiger partial charge >= 0.3 is 0 Å². The molecule has 0 aromatic rings. The van der Waals surface area contributed by atoms with Crippen molar-refractivity contribution in [2.45, 2.75) is 18.9 Å². The largest absolute Gasteiger partial charge is 0.395 e. The van der Waals surface area contributed by atoms with E-state index in [1.54, 1.807) is 0 Å². The predicted octanol–water partition coefficient (Wildman–Crippen LogP) is -0.694. The van der Waals surface area contributed by atoms with Gasteiger partial charge in [0.1, 0.15) is 0 Å². The number of aliphatic hydroxyl groups excluding tert-OH is 1. The molecule has 2 atom stereocenters. The first-order valence-electron chi connectivity index (χ1n) is 3.91. The van der Waals surface area contributed by atoms with E-state index in [1.807, 2.05) is 0 Å². The molecular formula is C7H16N2O. The Morgan fingerprint density at radius 2 is 2.40 bits per heavy atom. The van der Waals surface area contributed by atoms with Gasteiger partial charge in [-0.05, 0) is 31.8 Å². The van der Waals surface area contributed by atoms with Crippen LogP contribution in [-0.4, -0.2) is 30.8 Å². The van der Waals surface area contributed by atoms with Crippen LogP contribution in [0.4, 0.5) is 0 Å². The van der Waals surface area contributed by atoms with Crippen molar-refractivity contribution in [1.29, 1.82) is 0 Å². The van der Waals surface area contributed by atoms with E-state index < -0.39 is 0 Å². The van der Waals surface area contributed by atoms with Crippen LogP contribution < -0.4 is 11.1 Å². The lowest BCUT2D eigenvalue weighted by Crippen LogP contribution is -2.24. The summed E-state index contributed by atoms with van der Waals surface area (Å²) in [6, 6.07) is 0.330. The third kappa shape index (κ3) is 1.94. The maximum absolute atomic E-state index is 8.76. The van der Waals surface area contributed by atoms with Crippen molar-refractivity contribution >= 4 is 0 Å². The lowest BCUT2D eigenvalue weighted by atomic mass is 10.0. The van der Waals surface area contributed by atoms with Crippen molar-refractivity contribution in [3.8, 4) is 0 Å². The molecule has 0 aliphatic carbocycles. The highest BCUT2D eigenvalue weighted by atomic mass is 16.3. The molecule has 0 aromatic heterocycles. The molecule has 1 aliphatic heterocycles. The minimum atomic E-state index is 0.265. The Labute approximate surface area is 61.6 Å². The van der Waals surface area contributed by atoms with Crippen LogP contribution in [0.25, 0.3) is 0 Å². The van der Waals surface area contributed by atoms with E-state index in [9.17, 15) is 0 Å². The fraction of sp³-hybridized carbons (Fsp3) is 1.00. The van der Waals surface area contributed by atoms with Crippen molar-refractivity contribution in [2.75, 3.05) is 19.7 Å². The summed E-state index contributed by atoms with van der Waals surface area (Å²) in [6.45, 7) is 2.06. The van der Waals surface area contributed by atoms with Crippen LogP contribution in [0.1, 0.15) is 12.8 Å². The maximum Gasteiger partial charge on any atom is 0.0584 e. The topological polar surface area (TPSA) is 58.3 Å². The van der Waals surface area contributed by atoms with Crippen molar-refractivity contribution < 1.29 is 5.11 Å². The van der Waals surface area contributed by atoms with Crippen molar-refractivity contribution in [2.24, 2.45) is 11.7 Å². The number of nitrogens with two attached hydrogens (primary N) is 1. The zero-order valence-electron chi connectivity index (χ0n) is 6.21. The van der Waals surface area contributed by atoms with Crippen molar-refractivity contribution in [1.82, 2.24) is 5.32 Å². The Morgan fingerprint density at radius 3 is 2.90 bits per heavy atom. The molecule has 0 spiro atoms. The van der Waals surface area contributed by atoms with Gasteiger partial charge < -0.3 is 16.2 Å². The second kappa shape index (κ2) is 3.91. The zero-order chi connectivity index (χ0) is 7.40. The van der Waals surface area contributed by atoms with E-state index in [2.05, 4.69) is 5.32 Å². The summed E-state index contributed by atoms with van der Waals surface area (Å²) in [5, 5.41) is 12.0. The van der Waals surface area contributed by atoms with E-state index in [4.69, 9.17) is 10.8 Å². The zero-order valence-corrected chi connectivity index (χ0v) is 6.21. The predicted molar refractivity (Wildman–Crippen MR) is 40.7 cm³/mol. The summed E-state index contributed by atoms with van der Waals surface area (Å²) in [4.78, 5) is 0. The Bertz CT molecular complexity index is 97.6. The van der Waals surface area contributed by atoms with Crippen LogP contribution in [0.2, 0.25) is 0 Å². The normalized spacial score (nSPS) is 33.0. The van der Waals surface area contributed by atoms with Crippen molar-refractivity contribution in [3.63, 3.8) is 0 Å². The van der Waals surface area contributed by atoms with Crippen LogP contribution in [0, 0.1) is 5.92 Å². The number of hydrogen-bond donors (Lipinski definition) is 3. The molecule has 1 fully saturated rings. The summed E-state index contributed by atoms with van der Waals surface area (Å²) >= 11 is 0. The SMILES string of the molecule is NCCC1CNC(CO)C1. The molecule has 1 heterocycles. The number of hydrogen-bond acceptors (Lipinski definition) is 3. The Morgan fingerprint density at radius 1 is 1.60 bits per heavy atom. The first-order chi connectivity index (χ1) is 4.86. The molecule has 60 valence electrons. The fourth-order valence-corrected chi connectivity index (χ4v) is 1.50. The maximum atomic E-state index is 8.76. The standard InChI is InChI=1S/C7H16N2O/c8-2-1-6-3-7(5-10)9-4-6/h6-7,9-10H,1-5,8H2. The van der Waals surface area contributed by atoms with E-state index in [1.165, 1.54) is 0 Å². The Kier molecular flexibility index (Phi) is 3.12. The highest BCUT2D eigenvalue weighted by Crippen LogP contribution is 2.15. The third-order valence-electron chi connectivity index (χ3n) is 2.11. The van der Waals surface area contributed by atoms with Gasteiger partial charge in [-0.25, -0.2) is 0 Å². The van der Waals surface area contributed by atoms with Gasteiger partial charge in [-0.3, -0.25) is 0 Å². The van der Waals surface area contributed by atoms with Crippen LogP contribution in [-0.2, 0) is 0 Å². The van der Waals surface area contributed by atoms with E-state index in [0.717, 1.165) is 25.9 Å². The smallest absolute Gasteiger partial charge is 0.0584 e. The van der Waals surface area contributed by atoms with E-state index in [-0.39, 0.29) is 6.61 Å². The van der Waals surface area contributed by atoms with Gasteiger partial charge in [-0.1, -0.05) is 0 Å². The molecule has 0 radical (unpaired) electrons. The van der Waals surface area contributed by atoms with Crippen LogP contribution in [0.15, 0.2) is 0 Å². The molecule has 1 rings (SSSR count). The Hall–Kier alpha value is -0.120. The molecule has 3 heteroatoms. The summed E-state index contributed by atoms with van der Waals surface area (Å²) in [7, 11) is 0. The third-order valence-corrected chi connectivity index (χ3v) is 2.11. The molecule has 0 saturated carbocycles. The van der Waals surface area contributed by atoms with Crippen LogP contribution in [0.3, 0.4) is 0 Å². The average molecular weight is 144 g/mol. The molecule has 0 aromatic carbocycles. The second-order valence-corrected chi connectivity index (χ2v) is 2.97. The van der Waals surface area contributed by atoms with Crippen molar-refractivity contribution in [3.05, 3.63) is 0 Å². The number of aliphatic hydroxyl groups is 1. The minimum Gasteiger partial charge on any atom is -0.395 e. The molecule has 3 nitrogen and oxygen atoms in total. The first kappa shape index (κ1) is 7.98.